The van der Waals surface area contributed by atoms with Crippen LogP contribution in [0.25, 0.3) is 0 Å². The second kappa shape index (κ2) is 4.72. The van der Waals surface area contributed by atoms with Gasteiger partial charge in [0, 0.05) is 6.54 Å². The predicted octanol–water partition coefficient (Wildman–Crippen LogP) is 0.419. The lowest BCUT2D eigenvalue weighted by molar-refractivity contribution is 0.583. The first-order valence-corrected chi connectivity index (χ1v) is 5.64. The van der Waals surface area contributed by atoms with Crippen LogP contribution in [0.1, 0.15) is 20.8 Å². The highest BCUT2D eigenvalue weighted by atomic mass is 32.2. The average Bonchev–Trinajstić information content (AvgIpc) is 1.88. The Morgan fingerprint density at radius 1 is 1.36 bits per heavy atom. The molecule has 0 amide bonds. The van der Waals surface area contributed by atoms with Crippen molar-refractivity contribution in [3.63, 3.8) is 0 Å². The zero-order chi connectivity index (χ0) is 8.91. The van der Waals surface area contributed by atoms with Crippen molar-refractivity contribution >= 4 is 9.84 Å². The van der Waals surface area contributed by atoms with E-state index in [0.717, 1.165) is 6.54 Å². The van der Waals surface area contributed by atoms with Gasteiger partial charge >= 0.3 is 0 Å². The van der Waals surface area contributed by atoms with Crippen LogP contribution in [0.2, 0.25) is 0 Å². The molecule has 0 aliphatic heterocycles. The Bertz CT molecular complexity index is 185. The highest BCUT2D eigenvalue weighted by Crippen LogP contribution is 1.98. The number of sulfone groups is 1. The Labute approximate surface area is 69.1 Å². The van der Waals surface area contributed by atoms with Gasteiger partial charge < -0.3 is 5.32 Å². The maximum absolute atomic E-state index is 11.2. The van der Waals surface area contributed by atoms with E-state index in [2.05, 4.69) is 5.32 Å². The second-order valence-corrected chi connectivity index (χ2v) is 5.45. The van der Waals surface area contributed by atoms with Crippen molar-refractivity contribution in [2.24, 2.45) is 0 Å². The summed E-state index contributed by atoms with van der Waals surface area (Å²) in [4.78, 5) is 0. The zero-order valence-corrected chi connectivity index (χ0v) is 8.24. The van der Waals surface area contributed by atoms with Crippen LogP contribution in [0, 0.1) is 0 Å². The van der Waals surface area contributed by atoms with E-state index in [4.69, 9.17) is 0 Å². The molecule has 0 rings (SSSR count). The van der Waals surface area contributed by atoms with Gasteiger partial charge in [-0.2, -0.15) is 0 Å². The molecule has 0 fully saturated rings. The molecule has 1 N–H and O–H groups in total. The van der Waals surface area contributed by atoms with E-state index in [9.17, 15) is 8.42 Å². The molecule has 0 aromatic carbocycles. The van der Waals surface area contributed by atoms with Gasteiger partial charge in [-0.1, -0.05) is 6.92 Å². The molecule has 3 nitrogen and oxygen atoms in total. The van der Waals surface area contributed by atoms with Crippen molar-refractivity contribution in [2.45, 2.75) is 26.0 Å². The van der Waals surface area contributed by atoms with Gasteiger partial charge in [0.1, 0.15) is 0 Å². The minimum absolute atomic E-state index is 0.249. The van der Waals surface area contributed by atoms with Crippen LogP contribution >= 0.6 is 0 Å². The lowest BCUT2D eigenvalue weighted by Gasteiger charge is -2.06. The van der Waals surface area contributed by atoms with Gasteiger partial charge in [-0.05, 0) is 20.4 Å². The van der Waals surface area contributed by atoms with E-state index in [-0.39, 0.29) is 11.0 Å². The minimum Gasteiger partial charge on any atom is -0.316 e. The lowest BCUT2D eigenvalue weighted by Crippen LogP contribution is -2.26. The maximum Gasteiger partial charge on any atom is 0.153 e. The Morgan fingerprint density at radius 2 is 1.91 bits per heavy atom. The SMILES string of the molecule is CCNCCS(=O)(=O)C(C)C. The van der Waals surface area contributed by atoms with E-state index in [1.165, 1.54) is 0 Å². The summed E-state index contributed by atoms with van der Waals surface area (Å²) in [6.07, 6.45) is 0. The molecule has 0 aliphatic rings. The molecule has 0 spiro atoms. The van der Waals surface area contributed by atoms with Crippen molar-refractivity contribution in [1.29, 1.82) is 0 Å². The molecule has 0 bridgehead atoms. The van der Waals surface area contributed by atoms with Gasteiger partial charge in [0.05, 0.1) is 11.0 Å². The van der Waals surface area contributed by atoms with Crippen molar-refractivity contribution in [3.8, 4) is 0 Å². The summed E-state index contributed by atoms with van der Waals surface area (Å²) >= 11 is 0. The molecule has 0 radical (unpaired) electrons. The van der Waals surface area contributed by atoms with Crippen LogP contribution in [0.5, 0.6) is 0 Å². The number of rotatable bonds is 5. The van der Waals surface area contributed by atoms with E-state index >= 15 is 0 Å². The van der Waals surface area contributed by atoms with E-state index in [0.29, 0.717) is 6.54 Å². The molecule has 0 unspecified atom stereocenters. The fourth-order valence-electron chi connectivity index (χ4n) is 0.627. The Kier molecular flexibility index (Phi) is 4.68. The summed E-state index contributed by atoms with van der Waals surface area (Å²) in [7, 11) is -2.83. The second-order valence-electron chi connectivity index (χ2n) is 2.77. The number of hydrogen-bond acceptors (Lipinski definition) is 3. The standard InChI is InChI=1S/C7H17NO2S/c1-4-8-5-6-11(9,10)7(2)3/h7-8H,4-6H2,1-3H3. The monoisotopic (exact) mass is 179 g/mol. The van der Waals surface area contributed by atoms with E-state index in [1.54, 1.807) is 13.8 Å². The fourth-order valence-corrected chi connectivity index (χ4v) is 1.53. The van der Waals surface area contributed by atoms with Crippen molar-refractivity contribution in [1.82, 2.24) is 5.32 Å². The predicted molar refractivity (Wildman–Crippen MR) is 47.5 cm³/mol. The molecule has 4 heteroatoms. The first-order valence-electron chi connectivity index (χ1n) is 3.93. The van der Waals surface area contributed by atoms with Crippen LogP contribution in [0.15, 0.2) is 0 Å². The van der Waals surface area contributed by atoms with Gasteiger partial charge in [-0.25, -0.2) is 8.42 Å². The smallest absolute Gasteiger partial charge is 0.153 e. The first kappa shape index (κ1) is 10.9. The average molecular weight is 179 g/mol. The number of nitrogens with one attached hydrogen (secondary N) is 1. The summed E-state index contributed by atoms with van der Waals surface area (Å²) in [6.45, 7) is 6.77. The molecule has 0 aromatic rings. The summed E-state index contributed by atoms with van der Waals surface area (Å²) in [5.74, 6) is 0.249. The largest absolute Gasteiger partial charge is 0.316 e. The minimum atomic E-state index is -2.83. The molecule has 0 heterocycles. The molecular weight excluding hydrogens is 162 g/mol. The van der Waals surface area contributed by atoms with Crippen molar-refractivity contribution < 1.29 is 8.42 Å². The third kappa shape index (κ3) is 4.37. The molecule has 68 valence electrons. The van der Waals surface area contributed by atoms with Crippen LogP contribution in [-0.4, -0.2) is 32.5 Å². The van der Waals surface area contributed by atoms with E-state index < -0.39 is 9.84 Å². The Balaban J connectivity index is 3.75. The topological polar surface area (TPSA) is 46.2 Å². The van der Waals surface area contributed by atoms with Crippen LogP contribution in [0.3, 0.4) is 0 Å². The van der Waals surface area contributed by atoms with Gasteiger partial charge in [0.25, 0.3) is 0 Å². The first-order chi connectivity index (χ1) is 5.00. The molecule has 11 heavy (non-hydrogen) atoms. The highest BCUT2D eigenvalue weighted by molar-refractivity contribution is 7.92. The van der Waals surface area contributed by atoms with E-state index in [1.807, 2.05) is 6.92 Å². The zero-order valence-electron chi connectivity index (χ0n) is 7.42. The molecular formula is C7H17NO2S. The molecule has 0 saturated carbocycles. The summed E-state index contributed by atoms with van der Waals surface area (Å²) in [5, 5.41) is 2.73. The lowest BCUT2D eigenvalue weighted by atomic mass is 10.6. The third-order valence-electron chi connectivity index (χ3n) is 1.53. The van der Waals surface area contributed by atoms with Gasteiger partial charge in [0.2, 0.25) is 0 Å². The molecule has 0 aromatic heterocycles. The van der Waals surface area contributed by atoms with Crippen molar-refractivity contribution in [2.75, 3.05) is 18.8 Å². The summed E-state index contributed by atoms with van der Waals surface area (Å²) in [5.41, 5.74) is 0. The van der Waals surface area contributed by atoms with Gasteiger partial charge in [0.15, 0.2) is 9.84 Å². The maximum atomic E-state index is 11.2. The van der Waals surface area contributed by atoms with Crippen LogP contribution < -0.4 is 5.32 Å². The van der Waals surface area contributed by atoms with Crippen LogP contribution in [-0.2, 0) is 9.84 Å². The molecule has 0 aliphatic carbocycles. The number of hydrogen-bond donors (Lipinski definition) is 1. The summed E-state index contributed by atoms with van der Waals surface area (Å²) in [6, 6.07) is 0. The quantitative estimate of drug-likeness (QED) is 0.622. The highest BCUT2D eigenvalue weighted by Gasteiger charge is 2.14. The molecule has 0 atom stereocenters. The van der Waals surface area contributed by atoms with Crippen LogP contribution in [0.4, 0.5) is 0 Å². The normalized spacial score (nSPS) is 12.4. The third-order valence-corrected chi connectivity index (χ3v) is 3.74. The van der Waals surface area contributed by atoms with Gasteiger partial charge in [-0.3, -0.25) is 0 Å². The summed E-state index contributed by atoms with van der Waals surface area (Å²) < 4.78 is 22.3. The Hall–Kier alpha value is -0.0900. The molecule has 0 saturated heterocycles. The fraction of sp³-hybridized carbons (Fsp3) is 1.00. The Morgan fingerprint density at radius 3 is 2.27 bits per heavy atom. The van der Waals surface area contributed by atoms with Crippen molar-refractivity contribution in [3.05, 3.63) is 0 Å². The van der Waals surface area contributed by atoms with Gasteiger partial charge in [-0.15, -0.1) is 0 Å².